The van der Waals surface area contributed by atoms with Crippen molar-refractivity contribution in [1.29, 1.82) is 0 Å². The van der Waals surface area contributed by atoms with Crippen molar-refractivity contribution < 1.29 is 4.79 Å². The lowest BCUT2D eigenvalue weighted by Crippen LogP contribution is -2.16. The summed E-state index contributed by atoms with van der Waals surface area (Å²) < 4.78 is 2.26. The predicted molar refractivity (Wildman–Crippen MR) is 143 cm³/mol. The van der Waals surface area contributed by atoms with Gasteiger partial charge in [-0.3, -0.25) is 4.79 Å². The number of anilines is 2. The summed E-state index contributed by atoms with van der Waals surface area (Å²) in [5.41, 5.74) is 3.50. The number of carbonyl (C=O) groups is 1. The van der Waals surface area contributed by atoms with Crippen molar-refractivity contribution in [2.24, 2.45) is 0 Å². The third-order valence-electron chi connectivity index (χ3n) is 5.69. The van der Waals surface area contributed by atoms with E-state index in [4.69, 9.17) is 23.2 Å². The molecule has 1 amide bonds. The van der Waals surface area contributed by atoms with Gasteiger partial charge < -0.3 is 9.62 Å². The quantitative estimate of drug-likeness (QED) is 0.289. The van der Waals surface area contributed by atoms with E-state index < -0.39 is 0 Å². The standard InChI is InChI=1S/C26H22Cl2N4OS/c27-22-11-8-18(14-21(22)25-29-16-17-6-2-3-7-24(17)31-25)30-26(33)20-10-9-19(15-23(20)28)32-12-4-1-5-13-34-32/h2-3,6-11,14-16H,1,4-5,12-13H2,(H,30,33). The summed E-state index contributed by atoms with van der Waals surface area (Å²) in [7, 11) is 0. The highest BCUT2D eigenvalue weighted by atomic mass is 35.5. The van der Waals surface area contributed by atoms with Crippen molar-refractivity contribution in [2.75, 3.05) is 21.9 Å². The SMILES string of the molecule is O=C(Nc1ccc(Cl)c(-c2ncc3ccccc3n2)c1)c1ccc(N2CCCCCS2)cc1Cl. The molecule has 0 radical (unpaired) electrons. The van der Waals surface area contributed by atoms with Gasteiger partial charge in [0, 0.05) is 40.8 Å². The summed E-state index contributed by atoms with van der Waals surface area (Å²) in [5.74, 6) is 1.31. The van der Waals surface area contributed by atoms with Gasteiger partial charge in [-0.25, -0.2) is 9.97 Å². The zero-order valence-electron chi connectivity index (χ0n) is 18.3. The van der Waals surface area contributed by atoms with Gasteiger partial charge >= 0.3 is 0 Å². The average molecular weight is 509 g/mol. The van der Waals surface area contributed by atoms with E-state index in [0.717, 1.165) is 35.3 Å². The van der Waals surface area contributed by atoms with Crippen LogP contribution >= 0.6 is 35.1 Å². The number of amides is 1. The molecule has 0 atom stereocenters. The van der Waals surface area contributed by atoms with Crippen LogP contribution in [0.25, 0.3) is 22.3 Å². The molecule has 34 heavy (non-hydrogen) atoms. The first-order valence-electron chi connectivity index (χ1n) is 11.1. The normalized spacial score (nSPS) is 14.1. The molecule has 0 bridgehead atoms. The van der Waals surface area contributed by atoms with Crippen molar-refractivity contribution in [2.45, 2.75) is 19.3 Å². The van der Waals surface area contributed by atoms with Crippen LogP contribution in [0.5, 0.6) is 0 Å². The second-order valence-electron chi connectivity index (χ2n) is 8.06. The number of halogens is 2. The molecule has 4 aromatic rings. The fourth-order valence-electron chi connectivity index (χ4n) is 3.90. The van der Waals surface area contributed by atoms with Crippen LogP contribution in [0.2, 0.25) is 10.0 Å². The first-order chi connectivity index (χ1) is 16.6. The molecule has 2 heterocycles. The van der Waals surface area contributed by atoms with Crippen molar-refractivity contribution >= 4 is 63.3 Å². The molecule has 8 heteroatoms. The number of hydrogen-bond donors (Lipinski definition) is 1. The van der Waals surface area contributed by atoms with E-state index in [9.17, 15) is 4.79 Å². The van der Waals surface area contributed by atoms with Gasteiger partial charge in [0.1, 0.15) is 0 Å². The second kappa shape index (κ2) is 10.2. The molecule has 5 rings (SSSR count). The first kappa shape index (κ1) is 23.0. The Labute approximate surface area is 212 Å². The molecule has 3 aromatic carbocycles. The van der Waals surface area contributed by atoms with Gasteiger partial charge in [0.05, 0.1) is 21.1 Å². The molecule has 1 N–H and O–H groups in total. The van der Waals surface area contributed by atoms with E-state index in [1.54, 1.807) is 30.5 Å². The van der Waals surface area contributed by atoms with Crippen LogP contribution in [0.3, 0.4) is 0 Å². The number of benzene rings is 3. The van der Waals surface area contributed by atoms with Crippen molar-refractivity contribution in [3.05, 3.63) is 82.5 Å². The van der Waals surface area contributed by atoms with Crippen LogP contribution in [-0.4, -0.2) is 28.2 Å². The maximum absolute atomic E-state index is 13.0. The van der Waals surface area contributed by atoms with Gasteiger partial charge in [-0.2, -0.15) is 0 Å². The minimum absolute atomic E-state index is 0.284. The predicted octanol–water partition coefficient (Wildman–Crippen LogP) is 7.49. The molecule has 5 nitrogen and oxygen atoms in total. The zero-order valence-corrected chi connectivity index (χ0v) is 20.6. The number of aromatic nitrogens is 2. The molecule has 172 valence electrons. The van der Waals surface area contributed by atoms with E-state index in [1.165, 1.54) is 12.8 Å². The lowest BCUT2D eigenvalue weighted by molar-refractivity contribution is 0.102. The minimum Gasteiger partial charge on any atom is -0.322 e. The largest absolute Gasteiger partial charge is 0.322 e. The highest BCUT2D eigenvalue weighted by Crippen LogP contribution is 2.32. The number of nitrogens with zero attached hydrogens (tertiary/aromatic N) is 3. The number of carbonyl (C=O) groups excluding carboxylic acids is 1. The Bertz CT molecular complexity index is 1360. The number of fused-ring (bicyclic) bond motifs is 1. The van der Waals surface area contributed by atoms with Gasteiger partial charge in [0.2, 0.25) is 0 Å². The monoisotopic (exact) mass is 508 g/mol. The molecule has 0 unspecified atom stereocenters. The molecule has 1 aliphatic rings. The number of hydrogen-bond acceptors (Lipinski definition) is 5. The van der Waals surface area contributed by atoms with Crippen LogP contribution in [0.1, 0.15) is 29.6 Å². The van der Waals surface area contributed by atoms with E-state index in [0.29, 0.717) is 32.7 Å². The van der Waals surface area contributed by atoms with E-state index >= 15 is 0 Å². The van der Waals surface area contributed by atoms with Gasteiger partial charge in [-0.1, -0.05) is 47.8 Å². The molecule has 1 saturated heterocycles. The molecule has 1 aromatic heterocycles. The molecule has 0 aliphatic carbocycles. The van der Waals surface area contributed by atoms with Crippen molar-refractivity contribution in [1.82, 2.24) is 9.97 Å². The Kier molecular flexibility index (Phi) is 6.90. The second-order valence-corrected chi connectivity index (χ2v) is 9.98. The van der Waals surface area contributed by atoms with Crippen LogP contribution in [0, 0.1) is 0 Å². The highest BCUT2D eigenvalue weighted by molar-refractivity contribution is 8.00. The van der Waals surface area contributed by atoms with Gasteiger partial charge in [-0.05, 0) is 67.3 Å². The van der Waals surface area contributed by atoms with Crippen molar-refractivity contribution in [3.8, 4) is 11.4 Å². The number of rotatable bonds is 4. The van der Waals surface area contributed by atoms with E-state index in [-0.39, 0.29) is 5.91 Å². The van der Waals surface area contributed by atoms with Gasteiger partial charge in [-0.15, -0.1) is 0 Å². The first-order valence-corrected chi connectivity index (χ1v) is 12.8. The molecular formula is C26H22Cl2N4OS. The average Bonchev–Trinajstić information content (AvgIpc) is 3.14. The van der Waals surface area contributed by atoms with Gasteiger partial charge in [0.15, 0.2) is 5.82 Å². The lowest BCUT2D eigenvalue weighted by atomic mass is 10.1. The fraction of sp³-hybridized carbons (Fsp3) is 0.192. The van der Waals surface area contributed by atoms with Crippen LogP contribution < -0.4 is 9.62 Å². The smallest absolute Gasteiger partial charge is 0.257 e. The topological polar surface area (TPSA) is 58.1 Å². The van der Waals surface area contributed by atoms with Crippen LogP contribution in [0.4, 0.5) is 11.4 Å². The third kappa shape index (κ3) is 4.99. The molecule has 1 aliphatic heterocycles. The number of nitrogens with one attached hydrogen (secondary N) is 1. The summed E-state index contributed by atoms with van der Waals surface area (Å²) in [6.45, 7) is 0.983. The molecule has 0 spiro atoms. The lowest BCUT2D eigenvalue weighted by Gasteiger charge is -2.21. The van der Waals surface area contributed by atoms with E-state index in [1.807, 2.05) is 48.3 Å². The maximum Gasteiger partial charge on any atom is 0.257 e. The molecule has 1 fully saturated rings. The summed E-state index contributed by atoms with van der Waals surface area (Å²) in [6, 6.07) is 18.6. The minimum atomic E-state index is -0.284. The Hall–Kier alpha value is -2.80. The van der Waals surface area contributed by atoms with E-state index in [2.05, 4.69) is 19.6 Å². The van der Waals surface area contributed by atoms with Crippen LogP contribution in [-0.2, 0) is 0 Å². The Morgan fingerprint density at radius 2 is 1.85 bits per heavy atom. The summed E-state index contributed by atoms with van der Waals surface area (Å²) in [5, 5.41) is 4.80. The van der Waals surface area contributed by atoms with Crippen LogP contribution in [0.15, 0.2) is 66.9 Å². The van der Waals surface area contributed by atoms with Crippen molar-refractivity contribution in [3.63, 3.8) is 0 Å². The summed E-state index contributed by atoms with van der Waals surface area (Å²) in [4.78, 5) is 22.1. The Morgan fingerprint density at radius 3 is 2.74 bits per heavy atom. The highest BCUT2D eigenvalue weighted by Gasteiger charge is 2.17. The zero-order chi connectivity index (χ0) is 23.5. The Balaban J connectivity index is 1.37. The molecular weight excluding hydrogens is 487 g/mol. The Morgan fingerprint density at radius 1 is 0.971 bits per heavy atom. The maximum atomic E-state index is 13.0. The fourth-order valence-corrected chi connectivity index (χ4v) is 5.43. The van der Waals surface area contributed by atoms with Gasteiger partial charge in [0.25, 0.3) is 5.91 Å². The third-order valence-corrected chi connectivity index (χ3v) is 7.51. The summed E-state index contributed by atoms with van der Waals surface area (Å²) in [6.07, 6.45) is 5.39. The molecule has 0 saturated carbocycles. The summed E-state index contributed by atoms with van der Waals surface area (Å²) >= 11 is 14.8. The number of para-hydroxylation sites is 1.